The van der Waals surface area contributed by atoms with E-state index in [-0.39, 0.29) is 19.1 Å². The third-order valence-electron chi connectivity index (χ3n) is 6.65. The Balaban J connectivity index is 1.33. The van der Waals surface area contributed by atoms with Gasteiger partial charge in [-0.3, -0.25) is 9.78 Å². The van der Waals surface area contributed by atoms with Crippen LogP contribution < -0.4 is 9.64 Å². The molecule has 5 rings (SSSR count). The molecule has 2 fully saturated rings. The van der Waals surface area contributed by atoms with Crippen molar-refractivity contribution in [1.82, 2.24) is 24.2 Å². The van der Waals surface area contributed by atoms with Crippen LogP contribution >= 0.6 is 0 Å². The number of amides is 1. The molecule has 2 aliphatic heterocycles. The number of hydrogen-bond acceptors (Lipinski definition) is 9. The quantitative estimate of drug-likeness (QED) is 0.470. The molecule has 0 radical (unpaired) electrons. The van der Waals surface area contributed by atoms with Crippen LogP contribution in [0.25, 0.3) is 22.3 Å². The van der Waals surface area contributed by atoms with E-state index in [0.717, 1.165) is 37.4 Å². The van der Waals surface area contributed by atoms with Gasteiger partial charge in [0.05, 0.1) is 24.1 Å². The van der Waals surface area contributed by atoms with Crippen LogP contribution in [-0.4, -0.2) is 103 Å². The summed E-state index contributed by atoms with van der Waals surface area (Å²) in [6.45, 7) is 5.64. The second kappa shape index (κ2) is 10.6. The third-order valence-corrected chi connectivity index (χ3v) is 7.92. The third kappa shape index (κ3) is 5.81. The number of pyridine rings is 1. The first-order valence-corrected chi connectivity index (χ1v) is 14.0. The number of carbonyl (C=O) groups is 1. The first kappa shape index (κ1) is 25.3. The van der Waals surface area contributed by atoms with Gasteiger partial charge in [0.25, 0.3) is 0 Å². The molecule has 2 saturated heterocycles. The molecular weight excluding hydrogens is 496 g/mol. The summed E-state index contributed by atoms with van der Waals surface area (Å²) in [5.74, 6) is 0.436. The molecule has 4 heterocycles. The van der Waals surface area contributed by atoms with Crippen LogP contribution in [0.2, 0.25) is 0 Å². The predicted molar refractivity (Wildman–Crippen MR) is 139 cm³/mol. The minimum atomic E-state index is -3.30. The molecule has 1 aromatic carbocycles. The first-order chi connectivity index (χ1) is 17.8. The molecule has 0 N–H and O–H groups in total. The van der Waals surface area contributed by atoms with Crippen molar-refractivity contribution in [3.63, 3.8) is 0 Å². The van der Waals surface area contributed by atoms with Crippen LogP contribution in [0.15, 0.2) is 42.7 Å². The van der Waals surface area contributed by atoms with Gasteiger partial charge in [0, 0.05) is 69.8 Å². The first-order valence-electron chi connectivity index (χ1n) is 12.2. The molecule has 0 spiro atoms. The van der Waals surface area contributed by atoms with E-state index in [0.29, 0.717) is 35.8 Å². The van der Waals surface area contributed by atoms with Crippen LogP contribution in [0.3, 0.4) is 0 Å². The summed E-state index contributed by atoms with van der Waals surface area (Å²) < 4.78 is 37.0. The van der Waals surface area contributed by atoms with Crippen LogP contribution in [0.4, 0.5) is 5.69 Å². The number of carbonyl (C=O) groups excluding carboxylic acids is 1. The Morgan fingerprint density at radius 1 is 1.08 bits per heavy atom. The van der Waals surface area contributed by atoms with Crippen molar-refractivity contribution in [2.45, 2.75) is 13.0 Å². The van der Waals surface area contributed by atoms with Crippen LogP contribution in [0.5, 0.6) is 5.88 Å². The lowest BCUT2D eigenvalue weighted by molar-refractivity contribution is -0.129. The van der Waals surface area contributed by atoms with Crippen molar-refractivity contribution >= 4 is 32.7 Å². The van der Waals surface area contributed by atoms with Gasteiger partial charge in [-0.25, -0.2) is 18.4 Å². The maximum Gasteiger partial charge on any atom is 0.242 e. The van der Waals surface area contributed by atoms with Gasteiger partial charge in [0.15, 0.2) is 5.52 Å². The summed E-state index contributed by atoms with van der Waals surface area (Å²) in [7, 11) is -3.30. The predicted octanol–water partition coefficient (Wildman–Crippen LogP) is 1.40. The second-order valence-corrected chi connectivity index (χ2v) is 11.2. The summed E-state index contributed by atoms with van der Waals surface area (Å²) >= 11 is 0. The lowest BCUT2D eigenvalue weighted by Gasteiger charge is -2.35. The number of nitrogens with zero attached hydrogens (tertiary/aromatic N) is 6. The van der Waals surface area contributed by atoms with Gasteiger partial charge in [-0.15, -0.1) is 0 Å². The normalized spacial score (nSPS) is 19.2. The van der Waals surface area contributed by atoms with E-state index >= 15 is 0 Å². The Bertz CT molecular complexity index is 1380. The number of benzene rings is 1. The van der Waals surface area contributed by atoms with Crippen LogP contribution in [-0.2, 0) is 19.6 Å². The summed E-state index contributed by atoms with van der Waals surface area (Å²) in [4.78, 5) is 29.3. The molecule has 12 heteroatoms. The molecule has 0 aliphatic carbocycles. The number of piperazine rings is 1. The zero-order valence-corrected chi connectivity index (χ0v) is 21.7. The van der Waals surface area contributed by atoms with E-state index in [9.17, 15) is 13.2 Å². The van der Waals surface area contributed by atoms with Crippen molar-refractivity contribution in [3.05, 3.63) is 42.7 Å². The molecule has 2 aromatic heterocycles. The van der Waals surface area contributed by atoms with E-state index in [1.54, 1.807) is 19.3 Å². The van der Waals surface area contributed by atoms with E-state index in [2.05, 4.69) is 27.0 Å². The van der Waals surface area contributed by atoms with E-state index in [1.807, 2.05) is 23.1 Å². The highest BCUT2D eigenvalue weighted by Crippen LogP contribution is 2.29. The average molecular weight is 527 g/mol. The van der Waals surface area contributed by atoms with Crippen LogP contribution in [0, 0.1) is 0 Å². The number of fused-ring (bicyclic) bond motifs is 1. The maximum absolute atomic E-state index is 11.9. The van der Waals surface area contributed by atoms with Gasteiger partial charge in [0.2, 0.25) is 21.8 Å². The zero-order chi connectivity index (χ0) is 26.0. The fourth-order valence-corrected chi connectivity index (χ4v) is 5.42. The minimum Gasteiger partial charge on any atom is -0.473 e. The lowest BCUT2D eigenvalue weighted by atomic mass is 10.1. The molecule has 11 nitrogen and oxygen atoms in total. The van der Waals surface area contributed by atoms with Gasteiger partial charge in [0.1, 0.15) is 12.7 Å². The monoisotopic (exact) mass is 526 g/mol. The smallest absolute Gasteiger partial charge is 0.242 e. The minimum absolute atomic E-state index is 0.112. The summed E-state index contributed by atoms with van der Waals surface area (Å²) in [5, 5.41) is 0. The summed E-state index contributed by atoms with van der Waals surface area (Å²) in [6, 6.07) is 10.00. The van der Waals surface area contributed by atoms with Crippen molar-refractivity contribution in [2.75, 3.05) is 63.6 Å². The topological polar surface area (TPSA) is 118 Å². The molecule has 0 bridgehead atoms. The second-order valence-electron chi connectivity index (χ2n) is 9.20. The Labute approximate surface area is 216 Å². The summed E-state index contributed by atoms with van der Waals surface area (Å²) in [6.07, 6.45) is 3.98. The molecule has 1 atom stereocenters. The molecule has 37 heavy (non-hydrogen) atoms. The largest absolute Gasteiger partial charge is 0.473 e. The molecule has 3 aromatic rings. The standard InChI is InChI=1S/C25H30N6O5S/c1-18(32)29-9-11-30(12-10-29)20-5-3-19(4-6-20)22-15-23-24(27-8-7-26-23)25(28-22)36-17-21-16-31(13-14-35-21)37(2,33)34/h3-8,15,21H,9-14,16-17H2,1-2H3/t21-/m0/s1. The number of anilines is 1. The van der Waals surface area contributed by atoms with Crippen molar-refractivity contribution in [2.24, 2.45) is 0 Å². The fourth-order valence-electron chi connectivity index (χ4n) is 4.58. The Kier molecular flexibility index (Phi) is 7.22. The Morgan fingerprint density at radius 2 is 1.81 bits per heavy atom. The van der Waals surface area contributed by atoms with E-state index < -0.39 is 16.1 Å². The number of aromatic nitrogens is 3. The van der Waals surface area contributed by atoms with Crippen molar-refractivity contribution < 1.29 is 22.7 Å². The van der Waals surface area contributed by atoms with Gasteiger partial charge in [-0.1, -0.05) is 12.1 Å². The highest BCUT2D eigenvalue weighted by Gasteiger charge is 2.27. The highest BCUT2D eigenvalue weighted by molar-refractivity contribution is 7.88. The molecule has 2 aliphatic rings. The molecule has 0 unspecified atom stereocenters. The van der Waals surface area contributed by atoms with E-state index in [4.69, 9.17) is 14.5 Å². The van der Waals surface area contributed by atoms with Crippen molar-refractivity contribution in [3.8, 4) is 17.1 Å². The van der Waals surface area contributed by atoms with Crippen molar-refractivity contribution in [1.29, 1.82) is 0 Å². The number of sulfonamides is 1. The number of ether oxygens (including phenoxy) is 2. The highest BCUT2D eigenvalue weighted by atomic mass is 32.2. The molecule has 196 valence electrons. The summed E-state index contributed by atoms with van der Waals surface area (Å²) in [5.41, 5.74) is 3.86. The van der Waals surface area contributed by atoms with Gasteiger partial charge < -0.3 is 19.3 Å². The van der Waals surface area contributed by atoms with E-state index in [1.165, 1.54) is 10.6 Å². The molecule has 1 amide bonds. The van der Waals surface area contributed by atoms with Gasteiger partial charge in [-0.2, -0.15) is 4.31 Å². The number of rotatable bonds is 6. The van der Waals surface area contributed by atoms with Crippen LogP contribution in [0.1, 0.15) is 6.92 Å². The number of morpholine rings is 1. The maximum atomic E-state index is 11.9. The zero-order valence-electron chi connectivity index (χ0n) is 20.9. The average Bonchev–Trinajstić information content (AvgIpc) is 2.91. The van der Waals surface area contributed by atoms with Gasteiger partial charge in [-0.05, 0) is 18.2 Å². The lowest BCUT2D eigenvalue weighted by Crippen LogP contribution is -2.48. The van der Waals surface area contributed by atoms with Gasteiger partial charge >= 0.3 is 0 Å². The molecular formula is C25H30N6O5S. The molecule has 0 saturated carbocycles. The number of hydrogen-bond donors (Lipinski definition) is 0. The Hall–Kier alpha value is -3.35. The fraction of sp³-hybridized carbons (Fsp3) is 0.440. The SMILES string of the molecule is CC(=O)N1CCN(c2ccc(-c3cc4nccnc4c(OC[C@@H]4CN(S(C)(=O)=O)CCO4)n3)cc2)CC1. The Morgan fingerprint density at radius 3 is 2.51 bits per heavy atom.